The summed E-state index contributed by atoms with van der Waals surface area (Å²) in [7, 11) is -3.84. The first kappa shape index (κ1) is 29.5. The fourth-order valence-electron chi connectivity index (χ4n) is 5.63. The number of likely N-dealkylation sites (tertiary alicyclic amines) is 1. The van der Waals surface area contributed by atoms with Gasteiger partial charge in [-0.3, -0.25) is 9.69 Å². The Kier molecular flexibility index (Phi) is 9.03. The number of ether oxygens (including phenoxy) is 1. The molecule has 1 aliphatic rings. The second-order valence-corrected chi connectivity index (χ2v) is 11.8. The lowest BCUT2D eigenvalue weighted by Gasteiger charge is -2.33. The topological polar surface area (TPSA) is 99.3 Å². The predicted molar refractivity (Wildman–Crippen MR) is 164 cm³/mol. The molecule has 9 nitrogen and oxygen atoms in total. The van der Waals surface area contributed by atoms with Crippen LogP contribution in [0.5, 0.6) is 0 Å². The molecule has 0 amide bonds. The normalized spacial score (nSPS) is 14.5. The number of pyridine rings is 1. The maximum Gasteiger partial charge on any atom is 0.313 e. The van der Waals surface area contributed by atoms with Crippen LogP contribution >= 0.6 is 0 Å². The van der Waals surface area contributed by atoms with Crippen molar-refractivity contribution in [3.05, 3.63) is 90.5 Å². The Bertz CT molecular complexity index is 1760. The first-order valence-electron chi connectivity index (χ1n) is 14.5. The van der Waals surface area contributed by atoms with Crippen LogP contribution in [-0.4, -0.2) is 57.5 Å². The molecule has 10 heteroatoms. The van der Waals surface area contributed by atoms with Gasteiger partial charge in [0.1, 0.15) is 17.8 Å². The van der Waals surface area contributed by atoms with E-state index >= 15 is 0 Å². The standard InChI is InChI=1S/C30H31N5O4S.C2H6/c1-2-39-28(36)19-27-32-26-20-31-30-25(15-18-34(30)40(37,38)24-11-7-4-8-12-24)29(26)35(27)23-13-16-33(17-14-23)21-22-9-5-3-6-10-22;1-2/h3-12,15,18,20,23H,2,13-14,16-17,19,21H2,1H3;1-2H3. The number of fused-ring (bicyclic) bond motifs is 3. The zero-order valence-corrected chi connectivity index (χ0v) is 25.1. The second kappa shape index (κ2) is 12.9. The Morgan fingerprint density at radius 1 is 0.976 bits per heavy atom. The van der Waals surface area contributed by atoms with Crippen LogP contribution in [-0.2, 0) is 32.5 Å². The van der Waals surface area contributed by atoms with E-state index in [2.05, 4.69) is 38.7 Å². The summed E-state index contributed by atoms with van der Waals surface area (Å²) in [6.07, 6.45) is 4.94. The van der Waals surface area contributed by atoms with Crippen LogP contribution in [0.25, 0.3) is 22.1 Å². The molecule has 1 saturated heterocycles. The van der Waals surface area contributed by atoms with E-state index in [9.17, 15) is 13.2 Å². The van der Waals surface area contributed by atoms with Crippen LogP contribution in [0, 0.1) is 0 Å². The molecule has 6 rings (SSSR count). The summed E-state index contributed by atoms with van der Waals surface area (Å²) in [5.41, 5.74) is 3.05. The van der Waals surface area contributed by atoms with E-state index in [-0.39, 0.29) is 23.3 Å². The number of carbonyl (C=O) groups excluding carboxylic acids is 1. The molecule has 0 N–H and O–H groups in total. The van der Waals surface area contributed by atoms with Gasteiger partial charge in [0, 0.05) is 37.3 Å². The van der Waals surface area contributed by atoms with Gasteiger partial charge in [0.25, 0.3) is 10.0 Å². The highest BCUT2D eigenvalue weighted by Gasteiger charge is 2.28. The van der Waals surface area contributed by atoms with Crippen LogP contribution < -0.4 is 0 Å². The average molecular weight is 588 g/mol. The van der Waals surface area contributed by atoms with Crippen LogP contribution in [0.3, 0.4) is 0 Å². The van der Waals surface area contributed by atoms with Crippen molar-refractivity contribution in [2.75, 3.05) is 19.7 Å². The van der Waals surface area contributed by atoms with Crippen molar-refractivity contribution in [3.8, 4) is 0 Å². The zero-order chi connectivity index (χ0) is 29.7. The molecular formula is C32H37N5O4S. The minimum absolute atomic E-state index is 0.0390. The number of carbonyl (C=O) groups is 1. The van der Waals surface area contributed by atoms with Crippen molar-refractivity contribution in [1.29, 1.82) is 0 Å². The number of benzene rings is 2. The molecule has 42 heavy (non-hydrogen) atoms. The number of esters is 1. The summed E-state index contributed by atoms with van der Waals surface area (Å²) in [4.78, 5) is 24.5. The highest BCUT2D eigenvalue weighted by atomic mass is 32.2. The molecule has 0 atom stereocenters. The van der Waals surface area contributed by atoms with Gasteiger partial charge in [0.2, 0.25) is 0 Å². The van der Waals surface area contributed by atoms with Crippen molar-refractivity contribution in [2.24, 2.45) is 0 Å². The molecule has 0 unspecified atom stereocenters. The van der Waals surface area contributed by atoms with Crippen LogP contribution in [0.15, 0.2) is 84.0 Å². The molecule has 4 heterocycles. The zero-order valence-electron chi connectivity index (χ0n) is 24.3. The largest absolute Gasteiger partial charge is 0.466 e. The lowest BCUT2D eigenvalue weighted by molar-refractivity contribution is -0.142. The molecule has 5 aromatic rings. The van der Waals surface area contributed by atoms with Gasteiger partial charge < -0.3 is 9.30 Å². The number of rotatable bonds is 8. The number of aromatic nitrogens is 4. The Hall–Kier alpha value is -4.02. The number of nitrogens with zero attached hydrogens (tertiary/aromatic N) is 5. The smallest absolute Gasteiger partial charge is 0.313 e. The van der Waals surface area contributed by atoms with Crippen LogP contribution in [0.2, 0.25) is 0 Å². The van der Waals surface area contributed by atoms with Gasteiger partial charge in [-0.05, 0) is 43.5 Å². The van der Waals surface area contributed by atoms with Crippen molar-refractivity contribution in [1.82, 2.24) is 23.4 Å². The minimum Gasteiger partial charge on any atom is -0.466 e. The van der Waals surface area contributed by atoms with Gasteiger partial charge in [-0.25, -0.2) is 22.4 Å². The molecule has 1 aliphatic heterocycles. The number of hydrogen-bond donors (Lipinski definition) is 0. The first-order chi connectivity index (χ1) is 20.5. The summed E-state index contributed by atoms with van der Waals surface area (Å²) in [5.74, 6) is 0.275. The molecule has 0 saturated carbocycles. The van der Waals surface area contributed by atoms with E-state index in [1.807, 2.05) is 19.9 Å². The maximum absolute atomic E-state index is 13.5. The lowest BCUT2D eigenvalue weighted by atomic mass is 10.0. The molecule has 3 aromatic heterocycles. The Morgan fingerprint density at radius 3 is 2.31 bits per heavy atom. The molecule has 2 aromatic carbocycles. The molecule has 220 valence electrons. The number of hydrogen-bond acceptors (Lipinski definition) is 7. The van der Waals surface area contributed by atoms with E-state index in [1.165, 1.54) is 9.54 Å². The van der Waals surface area contributed by atoms with E-state index < -0.39 is 10.0 Å². The minimum atomic E-state index is -3.84. The third kappa shape index (κ3) is 5.82. The molecule has 1 fully saturated rings. The predicted octanol–water partition coefficient (Wildman–Crippen LogP) is 5.59. The Morgan fingerprint density at radius 2 is 1.64 bits per heavy atom. The lowest BCUT2D eigenvalue weighted by Crippen LogP contribution is -2.34. The fraction of sp³-hybridized carbons (Fsp3) is 0.344. The molecule has 0 bridgehead atoms. The highest BCUT2D eigenvalue weighted by molar-refractivity contribution is 7.90. The molecular weight excluding hydrogens is 550 g/mol. The molecule has 0 radical (unpaired) electrons. The van der Waals surface area contributed by atoms with Crippen molar-refractivity contribution in [2.45, 2.75) is 57.5 Å². The SMILES string of the molecule is CC.CCOC(=O)Cc1nc2cnc3c(ccn3S(=O)(=O)c3ccccc3)c2n1C1CCN(Cc2ccccc2)CC1. The van der Waals surface area contributed by atoms with E-state index in [0.717, 1.165) is 38.0 Å². The average Bonchev–Trinajstić information content (AvgIpc) is 3.61. The number of piperidine rings is 1. The van der Waals surface area contributed by atoms with Gasteiger partial charge in [-0.1, -0.05) is 62.4 Å². The van der Waals surface area contributed by atoms with Crippen LogP contribution in [0.4, 0.5) is 0 Å². The van der Waals surface area contributed by atoms with Gasteiger partial charge >= 0.3 is 5.97 Å². The van der Waals surface area contributed by atoms with Crippen molar-refractivity contribution < 1.29 is 17.9 Å². The van der Waals surface area contributed by atoms with Crippen molar-refractivity contribution >= 4 is 38.1 Å². The summed E-state index contributed by atoms with van der Waals surface area (Å²) in [5, 5.41) is 0.686. The van der Waals surface area contributed by atoms with Gasteiger partial charge in [-0.15, -0.1) is 0 Å². The summed E-state index contributed by atoms with van der Waals surface area (Å²) >= 11 is 0. The fourth-order valence-corrected chi connectivity index (χ4v) is 6.95. The Balaban J connectivity index is 0.00000173. The van der Waals surface area contributed by atoms with E-state index in [4.69, 9.17) is 9.72 Å². The monoisotopic (exact) mass is 587 g/mol. The first-order valence-corrected chi connectivity index (χ1v) is 16.0. The highest BCUT2D eigenvalue weighted by Crippen LogP contribution is 2.34. The van der Waals surface area contributed by atoms with E-state index in [1.54, 1.807) is 55.7 Å². The third-order valence-electron chi connectivity index (χ3n) is 7.48. The van der Waals surface area contributed by atoms with Gasteiger partial charge in [-0.2, -0.15) is 0 Å². The third-order valence-corrected chi connectivity index (χ3v) is 9.16. The summed E-state index contributed by atoms with van der Waals surface area (Å²) in [6.45, 7) is 8.77. The second-order valence-electron chi connectivity index (χ2n) is 10.0. The summed E-state index contributed by atoms with van der Waals surface area (Å²) < 4.78 is 35.6. The van der Waals surface area contributed by atoms with Gasteiger partial charge in [0.15, 0.2) is 5.65 Å². The summed E-state index contributed by atoms with van der Waals surface area (Å²) in [6, 6.07) is 20.6. The number of imidazole rings is 1. The molecule has 0 spiro atoms. The molecule has 0 aliphatic carbocycles. The van der Waals surface area contributed by atoms with E-state index in [0.29, 0.717) is 29.0 Å². The maximum atomic E-state index is 13.5. The quantitative estimate of drug-likeness (QED) is 0.218. The van der Waals surface area contributed by atoms with Crippen molar-refractivity contribution in [3.63, 3.8) is 0 Å². The van der Waals surface area contributed by atoms with Gasteiger partial charge in [0.05, 0.1) is 23.2 Å². The van der Waals surface area contributed by atoms with Crippen LogP contribution in [0.1, 0.15) is 51.0 Å². The Labute approximate surface area is 246 Å².